The highest BCUT2D eigenvalue weighted by atomic mass is 35.5. The summed E-state index contributed by atoms with van der Waals surface area (Å²) in [4.78, 5) is 13.4. The number of nitrogens with one attached hydrogen (secondary N) is 1. The minimum Gasteiger partial charge on any atom is -0.369 e. The van der Waals surface area contributed by atoms with Crippen LogP contribution < -0.4 is 10.4 Å². The summed E-state index contributed by atoms with van der Waals surface area (Å²) in [6, 6.07) is 13.8. The van der Waals surface area contributed by atoms with Crippen LogP contribution in [0.1, 0.15) is 5.56 Å². The monoisotopic (exact) mass is 421 g/mol. The number of anilines is 1. The number of carbonyl (C=O) groups is 1. The lowest BCUT2D eigenvalue weighted by molar-refractivity contribution is -0.124. The van der Waals surface area contributed by atoms with E-state index in [2.05, 4.69) is 4.90 Å². The lowest BCUT2D eigenvalue weighted by atomic mass is 10.2. The molecule has 9 heteroatoms. The number of carbonyl (C=O) groups excluding carboxylic acids is 1. The lowest BCUT2D eigenvalue weighted by Gasteiger charge is -2.35. The highest BCUT2D eigenvalue weighted by Gasteiger charge is 2.28. The van der Waals surface area contributed by atoms with Gasteiger partial charge in [-0.2, -0.15) is 4.31 Å². The molecule has 1 heterocycles. The molecule has 1 aliphatic rings. The van der Waals surface area contributed by atoms with Gasteiger partial charge in [0.1, 0.15) is 0 Å². The highest BCUT2D eigenvalue weighted by molar-refractivity contribution is 7.89. The molecule has 7 nitrogen and oxygen atoms in total. The number of hydroxylamine groups is 1. The number of benzene rings is 2. The van der Waals surface area contributed by atoms with Crippen LogP contribution in [0.3, 0.4) is 0 Å². The molecule has 0 radical (unpaired) electrons. The molecule has 0 atom stereocenters. The van der Waals surface area contributed by atoms with Crippen LogP contribution in [-0.2, 0) is 14.8 Å². The summed E-state index contributed by atoms with van der Waals surface area (Å²) in [5.74, 6) is -0.688. The fraction of sp³-hybridized carbons (Fsp3) is 0.211. The summed E-state index contributed by atoms with van der Waals surface area (Å²) in [7, 11) is -3.64. The van der Waals surface area contributed by atoms with E-state index < -0.39 is 15.9 Å². The van der Waals surface area contributed by atoms with Gasteiger partial charge in [-0.25, -0.2) is 13.9 Å². The van der Waals surface area contributed by atoms with Crippen LogP contribution in [0.25, 0.3) is 6.08 Å². The Labute approximate surface area is 168 Å². The maximum atomic E-state index is 13.0. The van der Waals surface area contributed by atoms with Crippen LogP contribution in [0.5, 0.6) is 0 Å². The standard InChI is InChI=1S/C19H20ClN3O4S/c20-16-5-7-17(8-6-16)22-10-12-23(13-11-22)28(26,27)18-3-1-2-15(14-18)4-9-19(24)21-25/h1-9,14,25H,10-13H2,(H,21,24). The Morgan fingerprint density at radius 3 is 2.39 bits per heavy atom. The number of piperazine rings is 1. The smallest absolute Gasteiger partial charge is 0.267 e. The van der Waals surface area contributed by atoms with Gasteiger partial charge in [-0.15, -0.1) is 0 Å². The molecule has 1 saturated heterocycles. The van der Waals surface area contributed by atoms with Crippen molar-refractivity contribution in [2.45, 2.75) is 4.90 Å². The number of halogens is 1. The molecule has 2 aromatic rings. The summed E-state index contributed by atoms with van der Waals surface area (Å²) < 4.78 is 27.4. The second-order valence-corrected chi connectivity index (χ2v) is 8.62. The zero-order valence-electron chi connectivity index (χ0n) is 15.0. The number of amides is 1. The molecule has 28 heavy (non-hydrogen) atoms. The molecule has 1 aliphatic heterocycles. The van der Waals surface area contributed by atoms with E-state index in [1.54, 1.807) is 12.1 Å². The van der Waals surface area contributed by atoms with Gasteiger partial charge in [-0.05, 0) is 48.0 Å². The Balaban J connectivity index is 1.71. The first-order valence-corrected chi connectivity index (χ1v) is 10.4. The van der Waals surface area contributed by atoms with Gasteiger partial charge in [0.15, 0.2) is 0 Å². The number of hydrogen-bond acceptors (Lipinski definition) is 5. The SMILES string of the molecule is O=C(C=Cc1cccc(S(=O)(=O)N2CCN(c3ccc(Cl)cc3)CC2)c1)NO. The van der Waals surface area contributed by atoms with E-state index in [1.807, 2.05) is 24.3 Å². The molecule has 148 valence electrons. The second-order valence-electron chi connectivity index (χ2n) is 6.25. The van der Waals surface area contributed by atoms with Crippen LogP contribution in [0.15, 0.2) is 59.5 Å². The van der Waals surface area contributed by atoms with Crippen LogP contribution in [-0.4, -0.2) is 50.0 Å². The predicted molar refractivity (Wildman–Crippen MR) is 108 cm³/mol. The van der Waals surface area contributed by atoms with E-state index in [4.69, 9.17) is 16.8 Å². The molecule has 0 spiro atoms. The summed E-state index contributed by atoms with van der Waals surface area (Å²) in [6.45, 7) is 1.91. The quantitative estimate of drug-likeness (QED) is 0.439. The lowest BCUT2D eigenvalue weighted by Crippen LogP contribution is -2.48. The predicted octanol–water partition coefficient (Wildman–Crippen LogP) is 2.37. The Morgan fingerprint density at radius 2 is 1.75 bits per heavy atom. The van der Waals surface area contributed by atoms with Crippen molar-refractivity contribution in [2.24, 2.45) is 0 Å². The average molecular weight is 422 g/mol. The van der Waals surface area contributed by atoms with E-state index in [0.717, 1.165) is 11.8 Å². The Hall–Kier alpha value is -2.39. The zero-order chi connectivity index (χ0) is 20.1. The van der Waals surface area contributed by atoms with Crippen molar-refractivity contribution in [3.8, 4) is 0 Å². The summed E-state index contributed by atoms with van der Waals surface area (Å²) >= 11 is 5.92. The van der Waals surface area contributed by atoms with Crippen LogP contribution in [0, 0.1) is 0 Å². The van der Waals surface area contributed by atoms with Crippen LogP contribution in [0.4, 0.5) is 5.69 Å². The Kier molecular flexibility index (Phi) is 6.35. The van der Waals surface area contributed by atoms with Crippen molar-refractivity contribution in [3.05, 3.63) is 65.2 Å². The van der Waals surface area contributed by atoms with Gasteiger partial charge in [0.2, 0.25) is 10.0 Å². The largest absolute Gasteiger partial charge is 0.369 e. The first-order valence-electron chi connectivity index (χ1n) is 8.63. The van der Waals surface area contributed by atoms with Gasteiger partial charge >= 0.3 is 0 Å². The van der Waals surface area contributed by atoms with Gasteiger partial charge < -0.3 is 4.90 Å². The van der Waals surface area contributed by atoms with E-state index in [-0.39, 0.29) is 4.90 Å². The van der Waals surface area contributed by atoms with Crippen molar-refractivity contribution >= 4 is 39.3 Å². The molecular weight excluding hydrogens is 402 g/mol. The summed E-state index contributed by atoms with van der Waals surface area (Å²) in [5.41, 5.74) is 3.04. The molecule has 1 fully saturated rings. The maximum Gasteiger partial charge on any atom is 0.267 e. The van der Waals surface area contributed by atoms with Crippen LogP contribution >= 0.6 is 11.6 Å². The minimum atomic E-state index is -3.64. The van der Waals surface area contributed by atoms with Crippen molar-refractivity contribution in [1.29, 1.82) is 0 Å². The number of nitrogens with zero attached hydrogens (tertiary/aromatic N) is 2. The van der Waals surface area contributed by atoms with E-state index in [1.165, 1.54) is 28.0 Å². The van der Waals surface area contributed by atoms with Crippen molar-refractivity contribution < 1.29 is 18.4 Å². The molecule has 0 aliphatic carbocycles. The van der Waals surface area contributed by atoms with Crippen LogP contribution in [0.2, 0.25) is 5.02 Å². The summed E-state index contributed by atoms with van der Waals surface area (Å²) in [5, 5.41) is 9.18. The molecular formula is C19H20ClN3O4S. The Morgan fingerprint density at radius 1 is 1.07 bits per heavy atom. The fourth-order valence-electron chi connectivity index (χ4n) is 2.98. The second kappa shape index (κ2) is 8.74. The first-order chi connectivity index (χ1) is 13.4. The molecule has 0 bridgehead atoms. The number of rotatable bonds is 5. The third-order valence-electron chi connectivity index (χ3n) is 4.46. The van der Waals surface area contributed by atoms with Crippen molar-refractivity contribution in [1.82, 2.24) is 9.79 Å². The normalized spacial score (nSPS) is 15.7. The number of sulfonamides is 1. The minimum absolute atomic E-state index is 0.166. The van der Waals surface area contributed by atoms with E-state index in [9.17, 15) is 13.2 Å². The molecule has 2 N–H and O–H groups in total. The van der Waals surface area contributed by atoms with Crippen molar-refractivity contribution in [3.63, 3.8) is 0 Å². The van der Waals surface area contributed by atoms with Gasteiger partial charge in [-0.3, -0.25) is 10.0 Å². The number of hydrogen-bond donors (Lipinski definition) is 2. The zero-order valence-corrected chi connectivity index (χ0v) is 16.5. The van der Waals surface area contributed by atoms with Crippen molar-refractivity contribution in [2.75, 3.05) is 31.1 Å². The molecule has 3 rings (SSSR count). The molecule has 0 saturated carbocycles. The van der Waals surface area contributed by atoms with Gasteiger partial charge in [0.25, 0.3) is 5.91 Å². The third kappa shape index (κ3) is 4.71. The fourth-order valence-corrected chi connectivity index (χ4v) is 4.58. The van der Waals surface area contributed by atoms with Gasteiger partial charge in [0.05, 0.1) is 4.90 Å². The molecule has 1 amide bonds. The highest BCUT2D eigenvalue weighted by Crippen LogP contribution is 2.23. The molecule has 0 aromatic heterocycles. The molecule has 2 aromatic carbocycles. The van der Waals surface area contributed by atoms with Gasteiger partial charge in [-0.1, -0.05) is 23.7 Å². The summed E-state index contributed by atoms with van der Waals surface area (Å²) in [6.07, 6.45) is 2.56. The molecule has 0 unspecified atom stereocenters. The topological polar surface area (TPSA) is 90.0 Å². The average Bonchev–Trinajstić information content (AvgIpc) is 2.73. The van der Waals surface area contributed by atoms with Gasteiger partial charge in [0, 0.05) is 43.0 Å². The Bertz CT molecular complexity index is 969. The third-order valence-corrected chi connectivity index (χ3v) is 6.61. The van der Waals surface area contributed by atoms with E-state index in [0.29, 0.717) is 36.8 Å². The first kappa shape index (κ1) is 20.3. The van der Waals surface area contributed by atoms with E-state index >= 15 is 0 Å². The maximum absolute atomic E-state index is 13.0.